The molecule has 0 spiro atoms. The van der Waals surface area contributed by atoms with Crippen LogP contribution in [0.5, 0.6) is 0 Å². The van der Waals surface area contributed by atoms with E-state index in [0.717, 1.165) is 6.67 Å². The van der Waals surface area contributed by atoms with Gasteiger partial charge in [-0.3, -0.25) is 0 Å². The van der Waals surface area contributed by atoms with Crippen molar-refractivity contribution in [2.24, 2.45) is 0 Å². The number of aryl methyl sites for hydroxylation is 2. The van der Waals surface area contributed by atoms with E-state index in [2.05, 4.69) is 110 Å². The summed E-state index contributed by atoms with van der Waals surface area (Å²) < 4.78 is 0. The summed E-state index contributed by atoms with van der Waals surface area (Å²) in [4.78, 5) is 9.64. The molecule has 0 saturated carbocycles. The van der Waals surface area contributed by atoms with Crippen LogP contribution in [-0.2, 0) is 0 Å². The van der Waals surface area contributed by atoms with E-state index in [1.54, 1.807) is 0 Å². The van der Waals surface area contributed by atoms with Crippen molar-refractivity contribution in [2.75, 3.05) is 44.5 Å². The van der Waals surface area contributed by atoms with Gasteiger partial charge >= 0.3 is 13.7 Å². The fourth-order valence-corrected chi connectivity index (χ4v) is 3.83. The van der Waals surface area contributed by atoms with Crippen molar-refractivity contribution in [3.05, 3.63) is 59.7 Å². The van der Waals surface area contributed by atoms with Gasteiger partial charge in [0.15, 0.2) is 0 Å². The number of hydrogen-bond acceptors (Lipinski definition) is 4. The molecule has 1 fully saturated rings. The minimum Gasteiger partial charge on any atom is -0.388 e. The predicted molar refractivity (Wildman–Crippen MR) is 111 cm³/mol. The van der Waals surface area contributed by atoms with Crippen molar-refractivity contribution in [3.8, 4) is 0 Å². The maximum absolute atomic E-state index is 2.50. The zero-order chi connectivity index (χ0) is 18.1. The molecule has 0 atom stereocenters. The lowest BCUT2D eigenvalue weighted by Crippen LogP contribution is -2.62. The van der Waals surface area contributed by atoms with E-state index in [4.69, 9.17) is 0 Å². The van der Waals surface area contributed by atoms with Crippen LogP contribution in [0.2, 0.25) is 0 Å². The highest BCUT2D eigenvalue weighted by atomic mass is 15.4. The number of hydrogen-bond donors (Lipinski definition) is 0. The second-order valence-corrected chi connectivity index (χ2v) is 7.51. The van der Waals surface area contributed by atoms with Gasteiger partial charge in [-0.15, -0.1) is 0 Å². The summed E-state index contributed by atoms with van der Waals surface area (Å²) in [7, 11) is 8.68. The highest BCUT2D eigenvalue weighted by Crippen LogP contribution is 2.30. The maximum Gasteiger partial charge on any atom is 0.353 e. The summed E-state index contributed by atoms with van der Waals surface area (Å²) >= 11 is 0. The third kappa shape index (κ3) is 3.55. The standard InChI is InChI=1S/C19H28B2N4/c1-16-9-7-11-18(13-16)24-15-25(19-12-8-10-17(2)14-19)21(23(5)6)20(24)22(3)4/h7-14H,15H2,1-6H3. The summed E-state index contributed by atoms with van der Waals surface area (Å²) in [5, 5.41) is 0. The molecule has 1 aliphatic rings. The lowest BCUT2D eigenvalue weighted by atomic mass is 9.32. The molecule has 0 aromatic heterocycles. The van der Waals surface area contributed by atoms with Gasteiger partial charge in [-0.2, -0.15) is 0 Å². The molecule has 2 aromatic rings. The monoisotopic (exact) mass is 334 g/mol. The third-order valence-corrected chi connectivity index (χ3v) is 4.93. The summed E-state index contributed by atoms with van der Waals surface area (Å²) in [6.45, 7) is 5.74. The second kappa shape index (κ2) is 7.14. The van der Waals surface area contributed by atoms with Crippen LogP contribution in [0, 0.1) is 13.8 Å². The Kier molecular flexibility index (Phi) is 5.11. The highest BCUT2D eigenvalue weighted by Gasteiger charge is 2.51. The lowest BCUT2D eigenvalue weighted by molar-refractivity contribution is 0.623. The number of benzene rings is 2. The van der Waals surface area contributed by atoms with Crippen LogP contribution in [-0.4, -0.2) is 58.2 Å². The minimum atomic E-state index is 0.275. The molecule has 0 amide bonds. The SMILES string of the molecule is Cc1cccc(N2CN(c3cccc(C)c3)B(N(C)C)B2N(C)C)c1. The first kappa shape index (κ1) is 17.9. The Morgan fingerprint density at radius 1 is 0.720 bits per heavy atom. The van der Waals surface area contributed by atoms with Gasteiger partial charge < -0.3 is 19.2 Å². The average Bonchev–Trinajstić information content (AvgIpc) is 2.96. The van der Waals surface area contributed by atoms with E-state index < -0.39 is 0 Å². The van der Waals surface area contributed by atoms with Gasteiger partial charge in [0.1, 0.15) is 0 Å². The van der Waals surface area contributed by atoms with Gasteiger partial charge in [-0.25, -0.2) is 0 Å². The van der Waals surface area contributed by atoms with Crippen molar-refractivity contribution < 1.29 is 0 Å². The van der Waals surface area contributed by atoms with Crippen LogP contribution in [0.15, 0.2) is 48.5 Å². The molecule has 0 aliphatic carbocycles. The quantitative estimate of drug-likeness (QED) is 0.797. The summed E-state index contributed by atoms with van der Waals surface area (Å²) in [5.74, 6) is 0. The van der Waals surface area contributed by atoms with Crippen LogP contribution in [0.1, 0.15) is 11.1 Å². The van der Waals surface area contributed by atoms with Crippen LogP contribution in [0.4, 0.5) is 11.4 Å². The molecule has 0 N–H and O–H groups in total. The number of nitrogens with zero attached hydrogens (tertiary/aromatic N) is 4. The molecule has 0 radical (unpaired) electrons. The van der Waals surface area contributed by atoms with Crippen molar-refractivity contribution in [1.29, 1.82) is 0 Å². The van der Waals surface area contributed by atoms with Gasteiger partial charge in [0, 0.05) is 11.4 Å². The van der Waals surface area contributed by atoms with Gasteiger partial charge in [0.05, 0.1) is 6.67 Å². The van der Waals surface area contributed by atoms with Crippen LogP contribution in [0.3, 0.4) is 0 Å². The molecular weight excluding hydrogens is 306 g/mol. The largest absolute Gasteiger partial charge is 0.388 e. The molecule has 4 nitrogen and oxygen atoms in total. The minimum absolute atomic E-state index is 0.275. The molecule has 130 valence electrons. The van der Waals surface area contributed by atoms with Crippen molar-refractivity contribution in [2.45, 2.75) is 13.8 Å². The van der Waals surface area contributed by atoms with E-state index in [0.29, 0.717) is 0 Å². The predicted octanol–water partition coefficient (Wildman–Crippen LogP) is 2.77. The van der Waals surface area contributed by atoms with E-state index in [-0.39, 0.29) is 13.7 Å². The van der Waals surface area contributed by atoms with Gasteiger partial charge in [0.2, 0.25) is 0 Å². The van der Waals surface area contributed by atoms with Crippen molar-refractivity contribution in [1.82, 2.24) is 9.62 Å². The Morgan fingerprint density at radius 3 is 1.44 bits per heavy atom. The molecule has 6 heteroatoms. The van der Waals surface area contributed by atoms with Crippen molar-refractivity contribution in [3.63, 3.8) is 0 Å². The summed E-state index contributed by atoms with van der Waals surface area (Å²) in [6.07, 6.45) is 0. The molecule has 1 heterocycles. The van der Waals surface area contributed by atoms with Gasteiger partial charge in [-0.1, -0.05) is 24.3 Å². The molecule has 3 rings (SSSR count). The summed E-state index contributed by atoms with van der Waals surface area (Å²) in [6, 6.07) is 17.6. The van der Waals surface area contributed by atoms with Crippen LogP contribution >= 0.6 is 0 Å². The maximum atomic E-state index is 2.50. The van der Waals surface area contributed by atoms with Crippen molar-refractivity contribution >= 4 is 25.1 Å². The first-order valence-electron chi connectivity index (χ1n) is 8.88. The fourth-order valence-electron chi connectivity index (χ4n) is 3.83. The Bertz CT molecular complexity index is 673. The van der Waals surface area contributed by atoms with E-state index >= 15 is 0 Å². The third-order valence-electron chi connectivity index (χ3n) is 4.93. The molecule has 2 aromatic carbocycles. The Balaban J connectivity index is 2.05. The smallest absolute Gasteiger partial charge is 0.353 e. The Morgan fingerprint density at radius 2 is 1.12 bits per heavy atom. The Labute approximate surface area is 153 Å². The molecule has 0 bridgehead atoms. The van der Waals surface area contributed by atoms with Crippen LogP contribution in [0.25, 0.3) is 0 Å². The molecule has 1 saturated heterocycles. The fraction of sp³-hybridized carbons (Fsp3) is 0.368. The number of anilines is 2. The Hall–Kier alpha value is -1.91. The topological polar surface area (TPSA) is 13.0 Å². The lowest BCUT2D eigenvalue weighted by Gasteiger charge is -2.31. The van der Waals surface area contributed by atoms with Gasteiger partial charge in [-0.05, 0) is 77.4 Å². The summed E-state index contributed by atoms with van der Waals surface area (Å²) in [5.41, 5.74) is 5.15. The zero-order valence-corrected chi connectivity index (χ0v) is 16.3. The highest BCUT2D eigenvalue weighted by molar-refractivity contribution is 7.24. The first-order valence-corrected chi connectivity index (χ1v) is 8.88. The van der Waals surface area contributed by atoms with Crippen LogP contribution < -0.4 is 9.62 Å². The van der Waals surface area contributed by atoms with E-state index in [1.807, 2.05) is 0 Å². The second-order valence-electron chi connectivity index (χ2n) is 7.51. The van der Waals surface area contributed by atoms with E-state index in [9.17, 15) is 0 Å². The molecular formula is C19H28B2N4. The van der Waals surface area contributed by atoms with E-state index in [1.165, 1.54) is 22.5 Å². The zero-order valence-electron chi connectivity index (χ0n) is 16.3. The average molecular weight is 334 g/mol. The van der Waals surface area contributed by atoms with Gasteiger partial charge in [0.25, 0.3) is 0 Å². The molecule has 0 unspecified atom stereocenters. The number of rotatable bonds is 4. The first-order chi connectivity index (χ1) is 11.9. The molecule has 1 aliphatic heterocycles. The normalized spacial score (nSPS) is 15.0. The molecule has 25 heavy (non-hydrogen) atoms.